The molecular weight excluding hydrogens is 274 g/mol. The van der Waals surface area contributed by atoms with Crippen molar-refractivity contribution in [3.63, 3.8) is 0 Å². The lowest BCUT2D eigenvalue weighted by Crippen LogP contribution is -2.39. The van der Waals surface area contributed by atoms with Crippen LogP contribution in [0, 0.1) is 0 Å². The molecule has 1 aromatic carbocycles. The SMILES string of the molecule is CCNC(=NCCOC)NCCS(=O)c1ccccc1. The highest BCUT2D eigenvalue weighted by atomic mass is 32.2. The second-order valence-corrected chi connectivity index (χ2v) is 5.61. The minimum Gasteiger partial charge on any atom is -0.383 e. The topological polar surface area (TPSA) is 62.7 Å². The lowest BCUT2D eigenvalue weighted by atomic mass is 10.4. The third-order valence-electron chi connectivity index (χ3n) is 2.50. The summed E-state index contributed by atoms with van der Waals surface area (Å²) < 4.78 is 17.0. The molecule has 5 nitrogen and oxygen atoms in total. The van der Waals surface area contributed by atoms with E-state index < -0.39 is 10.8 Å². The average Bonchev–Trinajstić information content (AvgIpc) is 2.48. The molecule has 6 heteroatoms. The first-order valence-electron chi connectivity index (χ1n) is 6.72. The van der Waals surface area contributed by atoms with E-state index in [1.807, 2.05) is 37.3 Å². The Bertz CT molecular complexity index is 424. The summed E-state index contributed by atoms with van der Waals surface area (Å²) >= 11 is 0. The van der Waals surface area contributed by atoms with Gasteiger partial charge in [0.25, 0.3) is 0 Å². The molecule has 1 aromatic rings. The van der Waals surface area contributed by atoms with Crippen LogP contribution in [0.3, 0.4) is 0 Å². The predicted molar refractivity (Wildman–Crippen MR) is 83.6 cm³/mol. The van der Waals surface area contributed by atoms with Gasteiger partial charge < -0.3 is 15.4 Å². The third-order valence-corrected chi connectivity index (χ3v) is 3.87. The molecule has 2 N–H and O–H groups in total. The summed E-state index contributed by atoms with van der Waals surface area (Å²) in [5.41, 5.74) is 0. The molecule has 20 heavy (non-hydrogen) atoms. The second-order valence-electron chi connectivity index (χ2n) is 4.04. The van der Waals surface area contributed by atoms with Crippen molar-refractivity contribution in [1.82, 2.24) is 10.6 Å². The number of aliphatic imine (C=N–C) groups is 1. The Morgan fingerprint density at radius 3 is 2.70 bits per heavy atom. The molecule has 0 saturated carbocycles. The van der Waals surface area contributed by atoms with Crippen LogP contribution in [0.5, 0.6) is 0 Å². The molecule has 0 amide bonds. The van der Waals surface area contributed by atoms with Gasteiger partial charge in [-0.1, -0.05) is 18.2 Å². The molecule has 0 aliphatic carbocycles. The van der Waals surface area contributed by atoms with Crippen LogP contribution in [-0.4, -0.2) is 49.3 Å². The highest BCUT2D eigenvalue weighted by Gasteiger charge is 2.03. The van der Waals surface area contributed by atoms with Gasteiger partial charge in [-0.2, -0.15) is 0 Å². The van der Waals surface area contributed by atoms with E-state index in [4.69, 9.17) is 4.74 Å². The van der Waals surface area contributed by atoms with Gasteiger partial charge in [0.2, 0.25) is 0 Å². The van der Waals surface area contributed by atoms with Crippen LogP contribution in [-0.2, 0) is 15.5 Å². The Morgan fingerprint density at radius 2 is 2.05 bits per heavy atom. The summed E-state index contributed by atoms with van der Waals surface area (Å²) in [5.74, 6) is 1.29. The Kier molecular flexibility index (Phi) is 8.66. The molecule has 0 bridgehead atoms. The fourth-order valence-corrected chi connectivity index (χ4v) is 2.53. The van der Waals surface area contributed by atoms with Gasteiger partial charge in [-0.3, -0.25) is 9.20 Å². The van der Waals surface area contributed by atoms with E-state index in [-0.39, 0.29) is 0 Å². The van der Waals surface area contributed by atoms with Crippen molar-refractivity contribution >= 4 is 16.8 Å². The Labute approximate surface area is 123 Å². The number of guanidine groups is 1. The van der Waals surface area contributed by atoms with Crippen LogP contribution in [0.25, 0.3) is 0 Å². The van der Waals surface area contributed by atoms with Crippen molar-refractivity contribution in [2.75, 3.05) is 39.1 Å². The second kappa shape index (κ2) is 10.4. The van der Waals surface area contributed by atoms with E-state index in [0.717, 1.165) is 17.4 Å². The molecular formula is C14H23N3O2S. The van der Waals surface area contributed by atoms with Crippen LogP contribution < -0.4 is 10.6 Å². The number of rotatable bonds is 8. The van der Waals surface area contributed by atoms with E-state index in [1.165, 1.54) is 0 Å². The summed E-state index contributed by atoms with van der Waals surface area (Å²) in [4.78, 5) is 5.20. The normalized spacial score (nSPS) is 13.0. The summed E-state index contributed by atoms with van der Waals surface area (Å²) in [6.07, 6.45) is 0. The van der Waals surface area contributed by atoms with Crippen molar-refractivity contribution < 1.29 is 8.95 Å². The Balaban J connectivity index is 2.36. The Hall–Kier alpha value is -1.40. The lowest BCUT2D eigenvalue weighted by molar-refractivity contribution is 0.208. The van der Waals surface area contributed by atoms with Crippen molar-refractivity contribution in [2.24, 2.45) is 4.99 Å². The first kappa shape index (κ1) is 16.7. The summed E-state index contributed by atoms with van der Waals surface area (Å²) in [6, 6.07) is 9.49. The van der Waals surface area contributed by atoms with Crippen molar-refractivity contribution in [1.29, 1.82) is 0 Å². The maximum Gasteiger partial charge on any atom is 0.191 e. The van der Waals surface area contributed by atoms with Crippen LogP contribution in [0.4, 0.5) is 0 Å². The van der Waals surface area contributed by atoms with Gasteiger partial charge in [0.1, 0.15) is 0 Å². The molecule has 0 heterocycles. The van der Waals surface area contributed by atoms with E-state index in [1.54, 1.807) is 7.11 Å². The van der Waals surface area contributed by atoms with E-state index >= 15 is 0 Å². The van der Waals surface area contributed by atoms with Crippen LogP contribution in [0.1, 0.15) is 6.92 Å². The van der Waals surface area contributed by atoms with Crippen LogP contribution in [0.15, 0.2) is 40.2 Å². The van der Waals surface area contributed by atoms with Gasteiger partial charge >= 0.3 is 0 Å². The van der Waals surface area contributed by atoms with Crippen molar-refractivity contribution in [2.45, 2.75) is 11.8 Å². The van der Waals surface area contributed by atoms with Crippen LogP contribution >= 0.6 is 0 Å². The monoisotopic (exact) mass is 297 g/mol. The van der Waals surface area contributed by atoms with Gasteiger partial charge in [0.15, 0.2) is 5.96 Å². The number of methoxy groups -OCH3 is 1. The zero-order valence-electron chi connectivity index (χ0n) is 12.1. The minimum atomic E-state index is -0.981. The number of hydrogen-bond acceptors (Lipinski definition) is 3. The van der Waals surface area contributed by atoms with Gasteiger partial charge in [0, 0.05) is 30.8 Å². The minimum absolute atomic E-state index is 0.554. The molecule has 0 fully saturated rings. The fraction of sp³-hybridized carbons (Fsp3) is 0.500. The van der Waals surface area contributed by atoms with Gasteiger partial charge in [0.05, 0.1) is 24.0 Å². The van der Waals surface area contributed by atoms with Crippen molar-refractivity contribution in [3.05, 3.63) is 30.3 Å². The lowest BCUT2D eigenvalue weighted by Gasteiger charge is -2.11. The highest BCUT2D eigenvalue weighted by molar-refractivity contribution is 7.85. The summed E-state index contributed by atoms with van der Waals surface area (Å²) in [5, 5.41) is 6.31. The van der Waals surface area contributed by atoms with Gasteiger partial charge in [-0.05, 0) is 19.1 Å². The number of ether oxygens (including phenoxy) is 1. The molecule has 1 rings (SSSR count). The van der Waals surface area contributed by atoms with Gasteiger partial charge in [-0.15, -0.1) is 0 Å². The zero-order valence-corrected chi connectivity index (χ0v) is 12.9. The van der Waals surface area contributed by atoms with E-state index in [0.29, 0.717) is 25.4 Å². The molecule has 0 aromatic heterocycles. The fourth-order valence-electron chi connectivity index (χ4n) is 1.54. The molecule has 112 valence electrons. The quantitative estimate of drug-likeness (QED) is 0.427. The number of nitrogens with zero attached hydrogens (tertiary/aromatic N) is 1. The molecule has 1 unspecified atom stereocenters. The maximum absolute atomic E-state index is 12.0. The standard InChI is InChI=1S/C14H23N3O2S/c1-3-15-14(16-9-11-19-2)17-10-12-20(18)13-7-5-4-6-8-13/h4-8H,3,9-12H2,1-2H3,(H2,15,16,17). The van der Waals surface area contributed by atoms with Gasteiger partial charge in [-0.25, -0.2) is 0 Å². The average molecular weight is 297 g/mol. The summed E-state index contributed by atoms with van der Waals surface area (Å²) in [6.45, 7) is 4.61. The number of hydrogen-bond donors (Lipinski definition) is 2. The number of nitrogens with one attached hydrogen (secondary N) is 2. The third kappa shape index (κ3) is 6.68. The molecule has 0 radical (unpaired) electrons. The number of benzene rings is 1. The predicted octanol–water partition coefficient (Wildman–Crippen LogP) is 0.996. The maximum atomic E-state index is 12.0. The molecule has 0 spiro atoms. The first-order chi connectivity index (χ1) is 9.77. The van der Waals surface area contributed by atoms with E-state index in [9.17, 15) is 4.21 Å². The summed E-state index contributed by atoms with van der Waals surface area (Å²) in [7, 11) is 0.671. The Morgan fingerprint density at radius 1 is 1.30 bits per heavy atom. The highest BCUT2D eigenvalue weighted by Crippen LogP contribution is 2.04. The first-order valence-corrected chi connectivity index (χ1v) is 8.04. The molecule has 0 aliphatic rings. The smallest absolute Gasteiger partial charge is 0.191 e. The molecule has 0 saturated heterocycles. The molecule has 0 aliphatic heterocycles. The van der Waals surface area contributed by atoms with Crippen LogP contribution in [0.2, 0.25) is 0 Å². The molecule has 1 atom stereocenters. The largest absolute Gasteiger partial charge is 0.383 e. The van der Waals surface area contributed by atoms with E-state index in [2.05, 4.69) is 15.6 Å². The zero-order chi connectivity index (χ0) is 14.6. The van der Waals surface area contributed by atoms with Crippen molar-refractivity contribution in [3.8, 4) is 0 Å².